The highest BCUT2D eigenvalue weighted by Crippen LogP contribution is 2.29. The molecule has 2 fully saturated rings. The quantitative estimate of drug-likeness (QED) is 0.835. The minimum absolute atomic E-state index is 0.0392. The van der Waals surface area contributed by atoms with Gasteiger partial charge in [-0.2, -0.15) is 4.31 Å². The van der Waals surface area contributed by atoms with Crippen molar-refractivity contribution in [3.05, 3.63) is 35.4 Å². The van der Waals surface area contributed by atoms with Gasteiger partial charge in [-0.15, -0.1) is 0 Å². The fourth-order valence-electron chi connectivity index (χ4n) is 2.66. The smallest absolute Gasteiger partial charge is 0.223 e. The molecule has 3 rings (SSSR count). The van der Waals surface area contributed by atoms with E-state index < -0.39 is 10.0 Å². The minimum Gasteiger partial charge on any atom is -0.379 e. The molecule has 23 heavy (non-hydrogen) atoms. The van der Waals surface area contributed by atoms with Crippen molar-refractivity contribution < 1.29 is 17.9 Å². The number of hydrogen-bond donors (Lipinski definition) is 1. The molecular weight excluding hydrogens is 316 g/mol. The molecule has 2 aliphatic rings. The summed E-state index contributed by atoms with van der Waals surface area (Å²) in [6.07, 6.45) is 1.91. The highest BCUT2D eigenvalue weighted by atomic mass is 32.2. The van der Waals surface area contributed by atoms with E-state index in [9.17, 15) is 13.2 Å². The molecule has 1 aliphatic carbocycles. The Kier molecular flexibility index (Phi) is 4.99. The average molecular weight is 338 g/mol. The Hall–Kier alpha value is -1.44. The van der Waals surface area contributed by atoms with E-state index in [1.54, 1.807) is 0 Å². The monoisotopic (exact) mass is 338 g/mol. The lowest BCUT2D eigenvalue weighted by atomic mass is 10.1. The summed E-state index contributed by atoms with van der Waals surface area (Å²) in [5, 5.41) is 2.90. The van der Waals surface area contributed by atoms with Gasteiger partial charge in [-0.1, -0.05) is 24.3 Å². The van der Waals surface area contributed by atoms with Crippen molar-refractivity contribution >= 4 is 15.9 Å². The molecule has 0 aromatic heterocycles. The van der Waals surface area contributed by atoms with Gasteiger partial charge in [0.25, 0.3) is 0 Å². The predicted molar refractivity (Wildman–Crippen MR) is 86.0 cm³/mol. The summed E-state index contributed by atoms with van der Waals surface area (Å²) in [4.78, 5) is 11.8. The van der Waals surface area contributed by atoms with Crippen LogP contribution in [0, 0.1) is 5.92 Å². The summed E-state index contributed by atoms with van der Waals surface area (Å²) in [5.41, 5.74) is 1.61. The molecule has 0 spiro atoms. The maximum atomic E-state index is 12.5. The molecule has 0 unspecified atom stereocenters. The first-order chi connectivity index (χ1) is 11.1. The van der Waals surface area contributed by atoms with Gasteiger partial charge >= 0.3 is 0 Å². The van der Waals surface area contributed by atoms with E-state index >= 15 is 0 Å². The molecule has 6 nitrogen and oxygen atoms in total. The van der Waals surface area contributed by atoms with Crippen LogP contribution in [-0.4, -0.2) is 44.9 Å². The molecule has 1 saturated carbocycles. The number of nitrogens with one attached hydrogen (secondary N) is 1. The number of carbonyl (C=O) groups is 1. The van der Waals surface area contributed by atoms with Crippen molar-refractivity contribution in [3.8, 4) is 0 Å². The lowest BCUT2D eigenvalue weighted by molar-refractivity contribution is -0.122. The van der Waals surface area contributed by atoms with E-state index in [-0.39, 0.29) is 17.6 Å². The van der Waals surface area contributed by atoms with Gasteiger partial charge < -0.3 is 10.1 Å². The van der Waals surface area contributed by atoms with Crippen molar-refractivity contribution in [2.45, 2.75) is 25.1 Å². The molecule has 0 radical (unpaired) electrons. The van der Waals surface area contributed by atoms with E-state index in [0.29, 0.717) is 32.8 Å². The van der Waals surface area contributed by atoms with Crippen molar-refractivity contribution in [2.24, 2.45) is 5.92 Å². The van der Waals surface area contributed by atoms with Crippen molar-refractivity contribution in [1.29, 1.82) is 0 Å². The number of nitrogens with zero attached hydrogens (tertiary/aromatic N) is 1. The van der Waals surface area contributed by atoms with E-state index in [0.717, 1.165) is 24.0 Å². The number of ether oxygens (including phenoxy) is 1. The Morgan fingerprint density at radius 3 is 2.48 bits per heavy atom. The first kappa shape index (κ1) is 16.4. The van der Waals surface area contributed by atoms with Crippen LogP contribution in [0.4, 0.5) is 0 Å². The van der Waals surface area contributed by atoms with Crippen LogP contribution in [0.2, 0.25) is 0 Å². The highest BCUT2D eigenvalue weighted by molar-refractivity contribution is 7.88. The summed E-state index contributed by atoms with van der Waals surface area (Å²) in [6, 6.07) is 7.38. The predicted octanol–water partition coefficient (Wildman–Crippen LogP) is 0.875. The highest BCUT2D eigenvalue weighted by Gasteiger charge is 2.29. The molecule has 1 aromatic carbocycles. The third-order valence-electron chi connectivity index (χ3n) is 4.22. The van der Waals surface area contributed by atoms with Crippen LogP contribution in [0.15, 0.2) is 24.3 Å². The number of benzene rings is 1. The third kappa shape index (κ3) is 4.31. The minimum atomic E-state index is -3.36. The summed E-state index contributed by atoms with van der Waals surface area (Å²) in [5.74, 6) is 0.178. The van der Waals surface area contributed by atoms with Crippen molar-refractivity contribution in [1.82, 2.24) is 9.62 Å². The molecule has 0 atom stereocenters. The fourth-order valence-corrected chi connectivity index (χ4v) is 4.22. The van der Waals surface area contributed by atoms with E-state index in [1.165, 1.54) is 4.31 Å². The van der Waals surface area contributed by atoms with Crippen LogP contribution in [0.25, 0.3) is 0 Å². The summed E-state index contributed by atoms with van der Waals surface area (Å²) >= 11 is 0. The molecule has 1 amide bonds. The zero-order valence-electron chi connectivity index (χ0n) is 13.0. The largest absolute Gasteiger partial charge is 0.379 e. The number of morpholine rings is 1. The lowest BCUT2D eigenvalue weighted by Gasteiger charge is -2.26. The maximum Gasteiger partial charge on any atom is 0.223 e. The van der Waals surface area contributed by atoms with Crippen molar-refractivity contribution in [3.63, 3.8) is 0 Å². The molecule has 7 heteroatoms. The number of amides is 1. The second-order valence-electron chi connectivity index (χ2n) is 6.03. The van der Waals surface area contributed by atoms with Gasteiger partial charge in [0.2, 0.25) is 15.9 Å². The van der Waals surface area contributed by atoms with Crippen LogP contribution in [0.5, 0.6) is 0 Å². The summed E-state index contributed by atoms with van der Waals surface area (Å²) in [7, 11) is -3.36. The zero-order valence-corrected chi connectivity index (χ0v) is 13.8. The number of sulfonamides is 1. The molecule has 1 heterocycles. The van der Waals surface area contributed by atoms with Crippen LogP contribution >= 0.6 is 0 Å². The van der Waals surface area contributed by atoms with Gasteiger partial charge in [0, 0.05) is 25.6 Å². The summed E-state index contributed by atoms with van der Waals surface area (Å²) < 4.78 is 31.8. The molecule has 1 aliphatic heterocycles. The Bertz CT molecular complexity index is 664. The van der Waals surface area contributed by atoms with Gasteiger partial charge in [0.1, 0.15) is 0 Å². The van der Waals surface area contributed by atoms with Gasteiger partial charge in [-0.05, 0) is 24.0 Å². The standard InChI is InChI=1S/C16H22N2O4S/c19-16(13-5-6-13)17-11-14-3-1-2-4-15(14)12-23(20,21)18-7-9-22-10-8-18/h1-4,13H,5-12H2,(H,17,19). The van der Waals surface area contributed by atoms with Gasteiger partial charge in [-0.3, -0.25) is 4.79 Å². The SMILES string of the molecule is O=C(NCc1ccccc1CS(=O)(=O)N1CCOCC1)C1CC1. The second-order valence-corrected chi connectivity index (χ2v) is 8.00. The Morgan fingerprint density at radius 2 is 1.83 bits per heavy atom. The van der Waals surface area contributed by atoms with E-state index in [2.05, 4.69) is 5.32 Å². The normalized spacial score (nSPS) is 19.5. The molecule has 0 bridgehead atoms. The molecule has 126 valence electrons. The molecule has 1 N–H and O–H groups in total. The molecular formula is C16H22N2O4S. The van der Waals surface area contributed by atoms with Gasteiger partial charge in [-0.25, -0.2) is 8.42 Å². The van der Waals surface area contributed by atoms with E-state index in [1.807, 2.05) is 24.3 Å². The number of rotatable bonds is 6. The Balaban J connectivity index is 1.67. The van der Waals surface area contributed by atoms with Crippen LogP contribution in [-0.2, 0) is 31.9 Å². The first-order valence-corrected chi connectivity index (χ1v) is 9.57. The second kappa shape index (κ2) is 6.98. The Morgan fingerprint density at radius 1 is 1.17 bits per heavy atom. The van der Waals surface area contributed by atoms with Crippen LogP contribution < -0.4 is 5.32 Å². The van der Waals surface area contributed by atoms with Crippen LogP contribution in [0.3, 0.4) is 0 Å². The number of carbonyl (C=O) groups excluding carboxylic acids is 1. The number of hydrogen-bond acceptors (Lipinski definition) is 4. The topological polar surface area (TPSA) is 75.7 Å². The first-order valence-electron chi connectivity index (χ1n) is 7.96. The Labute approximate surface area is 136 Å². The maximum absolute atomic E-state index is 12.5. The fraction of sp³-hybridized carbons (Fsp3) is 0.562. The molecule has 1 saturated heterocycles. The summed E-state index contributed by atoms with van der Waals surface area (Å²) in [6.45, 7) is 2.08. The third-order valence-corrected chi connectivity index (χ3v) is 6.05. The van der Waals surface area contributed by atoms with E-state index in [4.69, 9.17) is 4.74 Å². The van der Waals surface area contributed by atoms with Crippen molar-refractivity contribution in [2.75, 3.05) is 26.3 Å². The van der Waals surface area contributed by atoms with Crippen LogP contribution in [0.1, 0.15) is 24.0 Å². The molecule has 1 aromatic rings. The zero-order chi connectivity index (χ0) is 16.3. The average Bonchev–Trinajstić information content (AvgIpc) is 3.39. The van der Waals surface area contributed by atoms with Gasteiger partial charge in [0.15, 0.2) is 0 Å². The van der Waals surface area contributed by atoms with Gasteiger partial charge in [0.05, 0.1) is 19.0 Å². The lowest BCUT2D eigenvalue weighted by Crippen LogP contribution is -2.41.